The van der Waals surface area contributed by atoms with Gasteiger partial charge in [-0.05, 0) is 43.5 Å². The number of halogens is 2. The summed E-state index contributed by atoms with van der Waals surface area (Å²) in [5.41, 5.74) is 8.17. The molecule has 1 amide bonds. The van der Waals surface area contributed by atoms with Crippen molar-refractivity contribution in [1.29, 1.82) is 0 Å². The Hall–Kier alpha value is -1.59. The van der Waals surface area contributed by atoms with Crippen molar-refractivity contribution < 1.29 is 4.79 Å². The predicted molar refractivity (Wildman–Crippen MR) is 123 cm³/mol. The van der Waals surface area contributed by atoms with E-state index in [0.717, 1.165) is 51.0 Å². The summed E-state index contributed by atoms with van der Waals surface area (Å²) >= 11 is 0. The van der Waals surface area contributed by atoms with Crippen LogP contribution >= 0.6 is 24.8 Å². The maximum Gasteiger partial charge on any atom is 0.233 e. The number of rotatable bonds is 4. The smallest absolute Gasteiger partial charge is 0.233 e. The normalized spacial score (nSPS) is 21.1. The van der Waals surface area contributed by atoms with Crippen molar-refractivity contribution in [3.05, 3.63) is 71.8 Å². The van der Waals surface area contributed by atoms with Crippen molar-refractivity contribution in [3.8, 4) is 0 Å². The molecule has 6 heteroatoms. The van der Waals surface area contributed by atoms with Gasteiger partial charge in [0.05, 0.1) is 5.41 Å². The first-order chi connectivity index (χ1) is 13.2. The maximum absolute atomic E-state index is 13.6. The van der Waals surface area contributed by atoms with Crippen LogP contribution in [0.1, 0.15) is 30.4 Å². The SMILES string of the molecule is Cl.Cl.NC1CCN(C(=O)C2(c3ccccc3)CCN(Cc3ccccc3)CC2)C1. The molecule has 29 heavy (non-hydrogen) atoms. The van der Waals surface area contributed by atoms with Gasteiger partial charge in [0, 0.05) is 25.7 Å². The molecule has 2 aromatic rings. The van der Waals surface area contributed by atoms with Crippen molar-refractivity contribution in [3.63, 3.8) is 0 Å². The van der Waals surface area contributed by atoms with Crippen molar-refractivity contribution in [2.24, 2.45) is 5.73 Å². The lowest BCUT2D eigenvalue weighted by Crippen LogP contribution is -2.52. The molecular weight excluding hydrogens is 405 g/mol. The molecule has 1 atom stereocenters. The van der Waals surface area contributed by atoms with E-state index in [1.807, 2.05) is 11.0 Å². The largest absolute Gasteiger partial charge is 0.340 e. The number of nitrogens with zero attached hydrogens (tertiary/aromatic N) is 2. The van der Waals surface area contributed by atoms with Gasteiger partial charge in [0.2, 0.25) is 5.91 Å². The highest BCUT2D eigenvalue weighted by atomic mass is 35.5. The van der Waals surface area contributed by atoms with E-state index in [0.29, 0.717) is 6.54 Å². The van der Waals surface area contributed by atoms with E-state index >= 15 is 0 Å². The molecule has 2 fully saturated rings. The van der Waals surface area contributed by atoms with Crippen LogP contribution in [-0.4, -0.2) is 47.9 Å². The van der Waals surface area contributed by atoms with Crippen LogP contribution in [0.4, 0.5) is 0 Å². The first-order valence-corrected chi connectivity index (χ1v) is 10.0. The Morgan fingerprint density at radius 3 is 2.07 bits per heavy atom. The molecular formula is C23H31Cl2N3O. The van der Waals surface area contributed by atoms with Crippen LogP contribution in [0.2, 0.25) is 0 Å². The fourth-order valence-corrected chi connectivity index (χ4v) is 4.59. The lowest BCUT2D eigenvalue weighted by atomic mass is 9.71. The van der Waals surface area contributed by atoms with Crippen LogP contribution in [0.25, 0.3) is 0 Å². The van der Waals surface area contributed by atoms with Crippen LogP contribution in [0.3, 0.4) is 0 Å². The Kier molecular flexibility index (Phi) is 8.53. The Balaban J connectivity index is 0.00000150. The zero-order valence-corrected chi connectivity index (χ0v) is 18.3. The molecule has 2 heterocycles. The highest BCUT2D eigenvalue weighted by Gasteiger charge is 2.45. The Morgan fingerprint density at radius 2 is 1.52 bits per heavy atom. The fourth-order valence-electron chi connectivity index (χ4n) is 4.59. The first kappa shape index (κ1) is 23.7. The third kappa shape index (κ3) is 5.13. The Labute approximate surface area is 186 Å². The summed E-state index contributed by atoms with van der Waals surface area (Å²) in [4.78, 5) is 18.1. The summed E-state index contributed by atoms with van der Waals surface area (Å²) in [7, 11) is 0. The minimum atomic E-state index is -0.404. The molecule has 2 aliphatic heterocycles. The Bertz CT molecular complexity index is 764. The average Bonchev–Trinajstić information content (AvgIpc) is 3.16. The van der Waals surface area contributed by atoms with E-state index in [4.69, 9.17) is 5.73 Å². The molecule has 0 aromatic heterocycles. The van der Waals surface area contributed by atoms with Gasteiger partial charge in [-0.1, -0.05) is 60.7 Å². The number of piperidine rings is 1. The molecule has 1 unspecified atom stereocenters. The van der Waals surface area contributed by atoms with E-state index in [1.54, 1.807) is 0 Å². The number of benzene rings is 2. The van der Waals surface area contributed by atoms with Gasteiger partial charge in [0.25, 0.3) is 0 Å². The molecule has 4 nitrogen and oxygen atoms in total. The van der Waals surface area contributed by atoms with Crippen LogP contribution in [0.15, 0.2) is 60.7 Å². The van der Waals surface area contributed by atoms with Crippen molar-refractivity contribution in [1.82, 2.24) is 9.80 Å². The zero-order valence-electron chi connectivity index (χ0n) is 16.7. The van der Waals surface area contributed by atoms with Crippen molar-refractivity contribution in [2.75, 3.05) is 26.2 Å². The lowest BCUT2D eigenvalue weighted by molar-refractivity contribution is -0.138. The van der Waals surface area contributed by atoms with Gasteiger partial charge < -0.3 is 10.6 Å². The summed E-state index contributed by atoms with van der Waals surface area (Å²) in [5.74, 6) is 0.279. The number of carbonyl (C=O) groups is 1. The standard InChI is InChI=1S/C23H29N3O.2ClH/c24-21-11-14-26(18-21)22(27)23(20-9-5-2-6-10-20)12-15-25(16-13-23)17-19-7-3-1-4-8-19;;/h1-10,21H,11-18,24H2;2*1H. The lowest BCUT2D eigenvalue weighted by Gasteiger charge is -2.43. The van der Waals surface area contributed by atoms with Gasteiger partial charge in [-0.2, -0.15) is 0 Å². The molecule has 2 aliphatic rings. The minimum Gasteiger partial charge on any atom is -0.340 e. The zero-order chi connectivity index (χ0) is 18.7. The third-order valence-corrected chi connectivity index (χ3v) is 6.21. The highest BCUT2D eigenvalue weighted by molar-refractivity contribution is 5.89. The van der Waals surface area contributed by atoms with Crippen LogP contribution in [0.5, 0.6) is 0 Å². The number of amides is 1. The van der Waals surface area contributed by atoms with Crippen molar-refractivity contribution in [2.45, 2.75) is 37.3 Å². The van der Waals surface area contributed by atoms with Gasteiger partial charge in [0.15, 0.2) is 0 Å². The average molecular weight is 436 g/mol. The molecule has 158 valence electrons. The van der Waals surface area contributed by atoms with Gasteiger partial charge >= 0.3 is 0 Å². The molecule has 0 radical (unpaired) electrons. The second-order valence-corrected chi connectivity index (χ2v) is 8.01. The number of hydrogen-bond acceptors (Lipinski definition) is 3. The minimum absolute atomic E-state index is 0. The quantitative estimate of drug-likeness (QED) is 0.797. The topological polar surface area (TPSA) is 49.6 Å². The van der Waals surface area contributed by atoms with Crippen LogP contribution in [0, 0.1) is 0 Å². The van der Waals surface area contributed by atoms with Crippen LogP contribution < -0.4 is 5.73 Å². The van der Waals surface area contributed by atoms with E-state index in [2.05, 4.69) is 59.5 Å². The van der Waals surface area contributed by atoms with E-state index in [1.165, 1.54) is 5.56 Å². The fraction of sp³-hybridized carbons (Fsp3) is 0.435. The summed E-state index contributed by atoms with van der Waals surface area (Å²) in [5, 5.41) is 0. The number of hydrogen-bond donors (Lipinski definition) is 1. The number of carbonyl (C=O) groups excluding carboxylic acids is 1. The Morgan fingerprint density at radius 1 is 0.931 bits per heavy atom. The van der Waals surface area contributed by atoms with Crippen molar-refractivity contribution >= 4 is 30.7 Å². The van der Waals surface area contributed by atoms with E-state index in [-0.39, 0.29) is 36.8 Å². The van der Waals surface area contributed by atoms with E-state index in [9.17, 15) is 4.79 Å². The molecule has 0 bridgehead atoms. The van der Waals surface area contributed by atoms with Gasteiger partial charge in [-0.3, -0.25) is 9.69 Å². The number of likely N-dealkylation sites (tertiary alicyclic amines) is 2. The van der Waals surface area contributed by atoms with Gasteiger partial charge in [-0.25, -0.2) is 0 Å². The summed E-state index contributed by atoms with van der Waals surface area (Å²) in [6, 6.07) is 21.1. The van der Waals surface area contributed by atoms with Gasteiger partial charge in [0.1, 0.15) is 0 Å². The number of nitrogens with two attached hydrogens (primary N) is 1. The molecule has 0 saturated carbocycles. The summed E-state index contributed by atoms with van der Waals surface area (Å²) in [6.45, 7) is 4.32. The molecule has 2 N–H and O–H groups in total. The predicted octanol–water partition coefficient (Wildman–Crippen LogP) is 3.62. The second kappa shape index (κ2) is 10.4. The molecule has 0 aliphatic carbocycles. The van der Waals surface area contributed by atoms with E-state index < -0.39 is 5.41 Å². The molecule has 2 saturated heterocycles. The molecule has 4 rings (SSSR count). The first-order valence-electron chi connectivity index (χ1n) is 10.0. The molecule has 2 aromatic carbocycles. The van der Waals surface area contributed by atoms with Crippen LogP contribution in [-0.2, 0) is 16.8 Å². The maximum atomic E-state index is 13.6. The highest BCUT2D eigenvalue weighted by Crippen LogP contribution is 2.38. The second-order valence-electron chi connectivity index (χ2n) is 8.01. The monoisotopic (exact) mass is 435 g/mol. The molecule has 0 spiro atoms. The summed E-state index contributed by atoms with van der Waals surface area (Å²) in [6.07, 6.45) is 2.65. The van der Waals surface area contributed by atoms with Gasteiger partial charge in [-0.15, -0.1) is 24.8 Å². The summed E-state index contributed by atoms with van der Waals surface area (Å²) < 4.78 is 0. The third-order valence-electron chi connectivity index (χ3n) is 6.21.